The first-order valence-corrected chi connectivity index (χ1v) is 17.1. The number of fused-ring (bicyclic) bond motifs is 2. The Morgan fingerprint density at radius 2 is 1.80 bits per heavy atom. The molecule has 9 nitrogen and oxygen atoms in total. The molecule has 0 bridgehead atoms. The Bertz CT molecular complexity index is 1540. The fraction of sp³-hybridized carbons (Fsp3) is 0.528. The van der Waals surface area contributed by atoms with E-state index in [-0.39, 0.29) is 29.6 Å². The van der Waals surface area contributed by atoms with Gasteiger partial charge in [-0.2, -0.15) is 0 Å². The van der Waals surface area contributed by atoms with Crippen LogP contribution in [-0.2, 0) is 32.0 Å². The maximum atomic E-state index is 14.6. The third-order valence-electron chi connectivity index (χ3n) is 9.91. The Balaban J connectivity index is 1.19. The maximum absolute atomic E-state index is 14.6. The van der Waals surface area contributed by atoms with Crippen molar-refractivity contribution in [3.63, 3.8) is 0 Å². The van der Waals surface area contributed by atoms with E-state index in [1.165, 1.54) is 0 Å². The van der Waals surface area contributed by atoms with Gasteiger partial charge in [-0.3, -0.25) is 14.4 Å². The predicted octanol–water partition coefficient (Wildman–Crippen LogP) is 4.67. The molecule has 46 heavy (non-hydrogen) atoms. The Morgan fingerprint density at radius 3 is 2.57 bits per heavy atom. The number of amides is 3. The molecule has 3 aliphatic heterocycles. The Kier molecular flexibility index (Phi) is 10.3. The highest BCUT2D eigenvalue weighted by molar-refractivity contribution is 6.30. The van der Waals surface area contributed by atoms with E-state index in [4.69, 9.17) is 16.3 Å². The third-order valence-corrected chi connectivity index (χ3v) is 10.1. The van der Waals surface area contributed by atoms with Gasteiger partial charge in [0.2, 0.25) is 17.7 Å². The van der Waals surface area contributed by atoms with E-state index in [1.807, 2.05) is 72.6 Å². The van der Waals surface area contributed by atoms with Crippen molar-refractivity contribution in [3.05, 3.63) is 64.8 Å². The molecule has 246 valence electrons. The van der Waals surface area contributed by atoms with Gasteiger partial charge in [0.25, 0.3) is 0 Å². The van der Waals surface area contributed by atoms with Gasteiger partial charge in [-0.05, 0) is 93.4 Å². The average Bonchev–Trinajstić information content (AvgIpc) is 3.46. The molecule has 0 unspecified atom stereocenters. The fourth-order valence-electron chi connectivity index (χ4n) is 7.48. The van der Waals surface area contributed by atoms with E-state index >= 15 is 0 Å². The fourth-order valence-corrected chi connectivity index (χ4v) is 7.67. The molecular formula is C36H46ClN5O4. The molecule has 2 aromatic carbocycles. The van der Waals surface area contributed by atoms with Crippen LogP contribution in [0.1, 0.15) is 43.2 Å². The molecule has 3 amide bonds. The average molecular weight is 648 g/mol. The van der Waals surface area contributed by atoms with Crippen LogP contribution >= 0.6 is 11.6 Å². The summed E-state index contributed by atoms with van der Waals surface area (Å²) < 4.78 is 5.45. The number of carbonyl (C=O) groups is 3. The lowest BCUT2D eigenvalue weighted by atomic mass is 9.90. The van der Waals surface area contributed by atoms with Crippen LogP contribution in [0.2, 0.25) is 5.02 Å². The van der Waals surface area contributed by atoms with Gasteiger partial charge in [-0.1, -0.05) is 29.8 Å². The lowest BCUT2D eigenvalue weighted by Gasteiger charge is -2.38. The summed E-state index contributed by atoms with van der Waals surface area (Å²) >= 11 is 6.40. The lowest BCUT2D eigenvalue weighted by Crippen LogP contribution is -2.54. The van der Waals surface area contributed by atoms with Crippen molar-refractivity contribution < 1.29 is 19.1 Å². The number of rotatable bonds is 9. The highest BCUT2D eigenvalue weighted by Gasteiger charge is 2.36. The zero-order valence-electron chi connectivity index (χ0n) is 27.0. The van der Waals surface area contributed by atoms with E-state index in [2.05, 4.69) is 15.2 Å². The molecule has 10 heteroatoms. The van der Waals surface area contributed by atoms with E-state index in [1.54, 1.807) is 0 Å². The van der Waals surface area contributed by atoms with Crippen molar-refractivity contribution in [1.29, 1.82) is 0 Å². The van der Waals surface area contributed by atoms with Crippen molar-refractivity contribution in [2.45, 2.75) is 51.0 Å². The molecule has 0 spiro atoms. The first-order valence-electron chi connectivity index (χ1n) is 16.7. The summed E-state index contributed by atoms with van der Waals surface area (Å²) in [6.45, 7) is 3.99. The number of ether oxygens (including phenoxy) is 1. The first kappa shape index (κ1) is 32.5. The summed E-state index contributed by atoms with van der Waals surface area (Å²) in [5, 5.41) is 4.89. The van der Waals surface area contributed by atoms with Crippen molar-refractivity contribution in [3.8, 4) is 0 Å². The van der Waals surface area contributed by atoms with Gasteiger partial charge in [-0.25, -0.2) is 0 Å². The molecule has 2 saturated heterocycles. The Hall–Kier alpha value is -3.40. The van der Waals surface area contributed by atoms with Crippen LogP contribution in [0.5, 0.6) is 0 Å². The zero-order valence-corrected chi connectivity index (χ0v) is 27.7. The number of anilines is 1. The van der Waals surface area contributed by atoms with E-state index in [9.17, 15) is 14.4 Å². The number of piperidine rings is 1. The van der Waals surface area contributed by atoms with Crippen LogP contribution in [0.4, 0.5) is 5.69 Å². The SMILES string of the molecule is CN(C)C[C@@H]1Cc2cc(Cl)ccc2N(C(=O)[C@@H](Cc2c[nH]c3ccccc23)NC(=O)C2CCN(C(=O)CC3CCOCC3)CC2)C1. The zero-order chi connectivity index (χ0) is 32.2. The van der Waals surface area contributed by atoms with Gasteiger partial charge < -0.3 is 29.7 Å². The van der Waals surface area contributed by atoms with Crippen LogP contribution in [0.25, 0.3) is 10.9 Å². The molecule has 3 aromatic rings. The van der Waals surface area contributed by atoms with Gasteiger partial charge in [-0.15, -0.1) is 0 Å². The number of aromatic amines is 1. The molecule has 6 rings (SSSR count). The molecule has 0 aliphatic carbocycles. The standard InChI is InChI=1S/C36H46ClN5O4/c1-40(2)22-25-17-27-19-29(37)7-8-33(27)42(23-25)36(45)32(20-28-21-38-31-6-4-3-5-30(28)31)39-35(44)26-9-13-41(14-10-26)34(43)18-24-11-15-46-16-12-24/h3-8,19,21,24-26,32,38H,9-18,20,22-23H2,1-2H3,(H,39,44)/t25-,32+/m0/s1. The summed E-state index contributed by atoms with van der Waals surface area (Å²) in [6.07, 6.45) is 6.75. The summed E-state index contributed by atoms with van der Waals surface area (Å²) in [7, 11) is 4.09. The molecule has 2 N–H and O–H groups in total. The summed E-state index contributed by atoms with van der Waals surface area (Å²) in [6, 6.07) is 13.0. The molecule has 3 aliphatic rings. The Morgan fingerprint density at radius 1 is 1.04 bits per heavy atom. The van der Waals surface area contributed by atoms with Crippen molar-refractivity contribution in [1.82, 2.24) is 20.1 Å². The number of hydrogen-bond acceptors (Lipinski definition) is 5. The largest absolute Gasteiger partial charge is 0.381 e. The molecule has 0 radical (unpaired) electrons. The first-order chi connectivity index (χ1) is 22.2. The van der Waals surface area contributed by atoms with Crippen LogP contribution < -0.4 is 10.2 Å². The Labute approximate surface area is 276 Å². The van der Waals surface area contributed by atoms with Gasteiger partial charge in [0.05, 0.1) is 0 Å². The monoisotopic (exact) mass is 647 g/mol. The molecule has 1 aromatic heterocycles. The van der Waals surface area contributed by atoms with Gasteiger partial charge >= 0.3 is 0 Å². The number of carbonyl (C=O) groups excluding carboxylic acids is 3. The van der Waals surface area contributed by atoms with Crippen LogP contribution in [0, 0.1) is 17.8 Å². The number of nitrogens with one attached hydrogen (secondary N) is 2. The van der Waals surface area contributed by atoms with Crippen LogP contribution in [0.3, 0.4) is 0 Å². The number of para-hydroxylation sites is 1. The molecule has 2 fully saturated rings. The number of aromatic nitrogens is 1. The predicted molar refractivity (Wildman–Crippen MR) is 181 cm³/mol. The second kappa shape index (κ2) is 14.6. The highest BCUT2D eigenvalue weighted by Crippen LogP contribution is 2.33. The third kappa shape index (κ3) is 7.59. The van der Waals surface area contributed by atoms with Gasteiger partial charge in [0.15, 0.2) is 0 Å². The quantitative estimate of drug-likeness (QED) is 0.352. The van der Waals surface area contributed by atoms with E-state index in [0.29, 0.717) is 56.3 Å². The maximum Gasteiger partial charge on any atom is 0.249 e. The second-order valence-corrected chi connectivity index (χ2v) is 14.0. The number of halogens is 1. The summed E-state index contributed by atoms with van der Waals surface area (Å²) in [5.41, 5.74) is 3.89. The number of nitrogens with zero attached hydrogens (tertiary/aromatic N) is 3. The summed E-state index contributed by atoms with van der Waals surface area (Å²) in [5.74, 6) is 0.306. The topological polar surface area (TPSA) is 98.0 Å². The van der Waals surface area contributed by atoms with Gasteiger partial charge in [0, 0.05) is 86.0 Å². The summed E-state index contributed by atoms with van der Waals surface area (Å²) in [4.78, 5) is 50.7. The van der Waals surface area contributed by atoms with Gasteiger partial charge in [0.1, 0.15) is 6.04 Å². The molecule has 2 atom stereocenters. The minimum atomic E-state index is -0.749. The minimum absolute atomic E-state index is 0.116. The lowest BCUT2D eigenvalue weighted by molar-refractivity contribution is -0.137. The van der Waals surface area contributed by atoms with Crippen molar-refractivity contribution in [2.75, 3.05) is 58.4 Å². The van der Waals surface area contributed by atoms with Crippen LogP contribution in [0.15, 0.2) is 48.7 Å². The number of H-pyrrole nitrogens is 1. The highest BCUT2D eigenvalue weighted by atomic mass is 35.5. The van der Waals surface area contributed by atoms with Crippen LogP contribution in [-0.4, -0.2) is 92.0 Å². The minimum Gasteiger partial charge on any atom is -0.381 e. The molecule has 0 saturated carbocycles. The molecule has 4 heterocycles. The number of likely N-dealkylation sites (tertiary alicyclic amines) is 1. The normalized spacial score (nSPS) is 20.1. The van der Waals surface area contributed by atoms with E-state index in [0.717, 1.165) is 66.7 Å². The number of benzene rings is 2. The van der Waals surface area contributed by atoms with Crippen molar-refractivity contribution in [2.24, 2.45) is 17.8 Å². The molecular weight excluding hydrogens is 602 g/mol. The smallest absolute Gasteiger partial charge is 0.249 e. The van der Waals surface area contributed by atoms with E-state index < -0.39 is 6.04 Å². The van der Waals surface area contributed by atoms with Crippen molar-refractivity contribution >= 4 is 45.9 Å². The second-order valence-electron chi connectivity index (χ2n) is 13.6. The number of hydrogen-bond donors (Lipinski definition) is 2.